The van der Waals surface area contributed by atoms with E-state index in [2.05, 4.69) is 4.72 Å². The van der Waals surface area contributed by atoms with E-state index < -0.39 is 10.0 Å². The normalized spacial score (nSPS) is 17.8. The highest BCUT2D eigenvalue weighted by atomic mass is 32.2. The third-order valence-electron chi connectivity index (χ3n) is 3.34. The molecule has 0 aromatic carbocycles. The number of hydrogen-bond acceptors (Lipinski definition) is 5. The van der Waals surface area contributed by atoms with Crippen LogP contribution in [0.5, 0.6) is 0 Å². The Bertz CT molecular complexity index is 544. The smallest absolute Gasteiger partial charge is 0.244 e. The monoisotopic (exact) mass is 288 g/mol. The lowest BCUT2D eigenvalue weighted by molar-refractivity contribution is 0.0832. The van der Waals surface area contributed by atoms with Crippen LogP contribution < -0.4 is 10.5 Å². The molecule has 108 valence electrons. The van der Waals surface area contributed by atoms with E-state index in [1.807, 2.05) is 0 Å². The van der Waals surface area contributed by atoms with E-state index in [0.29, 0.717) is 43.1 Å². The largest absolute Gasteiger partial charge is 0.465 e. The Morgan fingerprint density at radius 1 is 1.26 bits per heavy atom. The number of sulfonamides is 1. The fourth-order valence-electron chi connectivity index (χ4n) is 2.39. The molecule has 0 bridgehead atoms. The van der Waals surface area contributed by atoms with Gasteiger partial charge in [0.15, 0.2) is 0 Å². The summed E-state index contributed by atoms with van der Waals surface area (Å²) in [6, 6.07) is -0.0843. The van der Waals surface area contributed by atoms with Gasteiger partial charge in [-0.15, -0.1) is 0 Å². The molecule has 3 N–H and O–H groups in total. The Morgan fingerprint density at radius 2 is 1.89 bits per heavy atom. The highest BCUT2D eigenvalue weighted by Gasteiger charge is 2.29. The lowest BCUT2D eigenvalue weighted by Crippen LogP contribution is -2.39. The van der Waals surface area contributed by atoms with Gasteiger partial charge in [-0.2, -0.15) is 0 Å². The molecule has 0 radical (unpaired) electrons. The Morgan fingerprint density at radius 3 is 2.47 bits per heavy atom. The second-order valence-electron chi connectivity index (χ2n) is 4.73. The van der Waals surface area contributed by atoms with Crippen molar-refractivity contribution in [2.45, 2.75) is 44.2 Å². The zero-order valence-electron chi connectivity index (χ0n) is 11.2. The van der Waals surface area contributed by atoms with Crippen molar-refractivity contribution in [1.82, 2.24) is 4.72 Å². The third kappa shape index (κ3) is 3.00. The van der Waals surface area contributed by atoms with E-state index in [-0.39, 0.29) is 17.5 Å². The molecule has 1 fully saturated rings. The van der Waals surface area contributed by atoms with Crippen LogP contribution in [0.2, 0.25) is 0 Å². The molecule has 0 saturated carbocycles. The number of rotatable bonds is 4. The maximum atomic E-state index is 12.4. The number of nitrogens with one attached hydrogen (secondary N) is 1. The van der Waals surface area contributed by atoms with Crippen molar-refractivity contribution in [1.29, 1.82) is 0 Å². The zero-order chi connectivity index (χ0) is 14.0. The van der Waals surface area contributed by atoms with Gasteiger partial charge in [-0.05, 0) is 26.7 Å². The van der Waals surface area contributed by atoms with Crippen LogP contribution in [0.3, 0.4) is 0 Å². The Labute approximate surface area is 113 Å². The summed E-state index contributed by atoms with van der Waals surface area (Å²) in [7, 11) is -3.59. The van der Waals surface area contributed by atoms with E-state index in [4.69, 9.17) is 14.9 Å². The van der Waals surface area contributed by atoms with Crippen LogP contribution in [-0.4, -0.2) is 27.7 Å². The summed E-state index contributed by atoms with van der Waals surface area (Å²) in [6.07, 6.45) is 1.38. The first-order chi connectivity index (χ1) is 8.95. The molecule has 2 heterocycles. The molecule has 0 spiro atoms. The van der Waals surface area contributed by atoms with Crippen LogP contribution in [0.4, 0.5) is 0 Å². The average molecular weight is 288 g/mol. The summed E-state index contributed by atoms with van der Waals surface area (Å²) in [5.74, 6) is 0.949. The van der Waals surface area contributed by atoms with Crippen LogP contribution in [-0.2, 0) is 21.3 Å². The van der Waals surface area contributed by atoms with Gasteiger partial charge in [0.2, 0.25) is 10.0 Å². The van der Waals surface area contributed by atoms with Gasteiger partial charge in [-0.25, -0.2) is 13.1 Å². The van der Waals surface area contributed by atoms with Crippen molar-refractivity contribution in [3.63, 3.8) is 0 Å². The molecule has 7 heteroatoms. The zero-order valence-corrected chi connectivity index (χ0v) is 12.0. The van der Waals surface area contributed by atoms with Crippen molar-refractivity contribution in [2.75, 3.05) is 13.2 Å². The lowest BCUT2D eigenvalue weighted by Gasteiger charge is -2.23. The summed E-state index contributed by atoms with van der Waals surface area (Å²) in [5, 5.41) is 0. The number of furan rings is 1. The molecular weight excluding hydrogens is 268 g/mol. The van der Waals surface area contributed by atoms with Crippen molar-refractivity contribution >= 4 is 10.0 Å². The van der Waals surface area contributed by atoms with Gasteiger partial charge in [0.05, 0.1) is 0 Å². The number of aryl methyl sites for hydroxylation is 2. The molecule has 1 aliphatic rings. The van der Waals surface area contributed by atoms with Crippen molar-refractivity contribution in [2.24, 2.45) is 5.73 Å². The maximum absolute atomic E-state index is 12.4. The quantitative estimate of drug-likeness (QED) is 0.855. The van der Waals surface area contributed by atoms with E-state index >= 15 is 0 Å². The first kappa shape index (κ1) is 14.5. The van der Waals surface area contributed by atoms with Gasteiger partial charge >= 0.3 is 0 Å². The molecule has 0 aliphatic carbocycles. The molecule has 19 heavy (non-hydrogen) atoms. The summed E-state index contributed by atoms with van der Waals surface area (Å²) in [4.78, 5) is 0.194. The van der Waals surface area contributed by atoms with E-state index in [1.54, 1.807) is 13.8 Å². The SMILES string of the molecule is Cc1oc(C)c(S(=O)(=O)NC2CCOCC2)c1CN. The average Bonchev–Trinajstić information content (AvgIpc) is 2.64. The minimum absolute atomic E-state index is 0.0843. The van der Waals surface area contributed by atoms with Gasteiger partial charge < -0.3 is 14.9 Å². The second kappa shape index (κ2) is 5.62. The first-order valence-corrected chi connectivity index (χ1v) is 7.83. The van der Waals surface area contributed by atoms with Crippen LogP contribution in [0.15, 0.2) is 9.31 Å². The summed E-state index contributed by atoms with van der Waals surface area (Å²) in [5.41, 5.74) is 6.18. The fraction of sp³-hybridized carbons (Fsp3) is 0.667. The Balaban J connectivity index is 2.28. The number of ether oxygens (including phenoxy) is 1. The minimum atomic E-state index is -3.59. The van der Waals surface area contributed by atoms with Gasteiger partial charge in [-0.1, -0.05) is 0 Å². The van der Waals surface area contributed by atoms with Crippen molar-refractivity contribution in [3.8, 4) is 0 Å². The van der Waals surface area contributed by atoms with Crippen LogP contribution in [0.1, 0.15) is 29.9 Å². The molecule has 6 nitrogen and oxygen atoms in total. The maximum Gasteiger partial charge on any atom is 0.244 e. The standard InChI is InChI=1S/C12H20N2O4S/c1-8-11(7-13)12(9(2)18-8)19(15,16)14-10-3-5-17-6-4-10/h10,14H,3-7,13H2,1-2H3. The summed E-state index contributed by atoms with van der Waals surface area (Å²) < 4.78 is 38.2. The minimum Gasteiger partial charge on any atom is -0.465 e. The molecule has 2 rings (SSSR count). The van der Waals surface area contributed by atoms with Crippen LogP contribution in [0, 0.1) is 13.8 Å². The Hall–Kier alpha value is -0.890. The molecule has 0 amide bonds. The van der Waals surface area contributed by atoms with Crippen molar-refractivity contribution < 1.29 is 17.6 Å². The molecule has 1 saturated heterocycles. The lowest BCUT2D eigenvalue weighted by atomic mass is 10.1. The Kier molecular flexibility index (Phi) is 4.29. The molecule has 1 aromatic rings. The van der Waals surface area contributed by atoms with Gasteiger partial charge in [-0.3, -0.25) is 0 Å². The number of hydrogen-bond donors (Lipinski definition) is 2. The molecule has 1 aromatic heterocycles. The molecule has 0 atom stereocenters. The van der Waals surface area contributed by atoms with Gasteiger partial charge in [0.1, 0.15) is 16.4 Å². The van der Waals surface area contributed by atoms with Crippen LogP contribution >= 0.6 is 0 Å². The summed E-state index contributed by atoms with van der Waals surface area (Å²) >= 11 is 0. The van der Waals surface area contributed by atoms with Gasteiger partial charge in [0.25, 0.3) is 0 Å². The highest BCUT2D eigenvalue weighted by molar-refractivity contribution is 7.89. The predicted molar refractivity (Wildman–Crippen MR) is 70.2 cm³/mol. The first-order valence-electron chi connectivity index (χ1n) is 6.34. The van der Waals surface area contributed by atoms with Crippen LogP contribution in [0.25, 0.3) is 0 Å². The second-order valence-corrected chi connectivity index (χ2v) is 6.38. The molecule has 1 aliphatic heterocycles. The van der Waals surface area contributed by atoms with E-state index in [1.165, 1.54) is 0 Å². The van der Waals surface area contributed by atoms with Crippen molar-refractivity contribution in [3.05, 3.63) is 17.1 Å². The molecular formula is C12H20N2O4S. The predicted octanol–water partition coefficient (Wildman–Crippen LogP) is 0.812. The highest BCUT2D eigenvalue weighted by Crippen LogP contribution is 2.26. The molecule has 0 unspecified atom stereocenters. The topological polar surface area (TPSA) is 94.6 Å². The van der Waals surface area contributed by atoms with Gasteiger partial charge in [0, 0.05) is 31.4 Å². The fourth-order valence-corrected chi connectivity index (χ4v) is 4.16. The third-order valence-corrected chi connectivity index (χ3v) is 5.06. The summed E-state index contributed by atoms with van der Waals surface area (Å²) in [6.45, 7) is 4.68. The number of nitrogens with two attached hydrogens (primary N) is 1. The van der Waals surface area contributed by atoms with E-state index in [9.17, 15) is 8.42 Å². The van der Waals surface area contributed by atoms with E-state index in [0.717, 1.165) is 0 Å².